The van der Waals surface area contributed by atoms with Crippen LogP contribution >= 0.6 is 27.5 Å². The third-order valence-corrected chi connectivity index (χ3v) is 5.41. The van der Waals surface area contributed by atoms with Gasteiger partial charge >= 0.3 is 0 Å². The Morgan fingerprint density at radius 2 is 2.14 bits per heavy atom. The highest BCUT2D eigenvalue weighted by Crippen LogP contribution is 2.37. The van der Waals surface area contributed by atoms with E-state index in [4.69, 9.17) is 11.6 Å². The van der Waals surface area contributed by atoms with Crippen molar-refractivity contribution in [1.82, 2.24) is 9.55 Å². The summed E-state index contributed by atoms with van der Waals surface area (Å²) in [4.78, 5) is 4.61. The molecule has 0 aliphatic heterocycles. The normalized spacial score (nSPS) is 17.7. The number of alkyl halides is 1. The van der Waals surface area contributed by atoms with Crippen LogP contribution in [0.4, 0.5) is 4.39 Å². The molecule has 1 saturated carbocycles. The van der Waals surface area contributed by atoms with Crippen molar-refractivity contribution < 1.29 is 4.39 Å². The second-order valence-electron chi connectivity index (χ2n) is 5.88. The van der Waals surface area contributed by atoms with Crippen molar-refractivity contribution in [3.8, 4) is 0 Å². The molecule has 1 aliphatic rings. The van der Waals surface area contributed by atoms with E-state index in [0.717, 1.165) is 16.9 Å². The lowest BCUT2D eigenvalue weighted by Crippen LogP contribution is -2.17. The first-order chi connectivity index (χ1) is 10.1. The van der Waals surface area contributed by atoms with Crippen LogP contribution in [0, 0.1) is 11.7 Å². The molecule has 1 atom stereocenters. The van der Waals surface area contributed by atoms with Gasteiger partial charge in [0.15, 0.2) is 0 Å². The summed E-state index contributed by atoms with van der Waals surface area (Å²) in [5, 5.41) is 0. The fourth-order valence-corrected chi connectivity index (χ4v) is 4.01. The van der Waals surface area contributed by atoms with Gasteiger partial charge in [0.25, 0.3) is 0 Å². The molecule has 0 bridgehead atoms. The lowest BCUT2D eigenvalue weighted by atomic mass is 9.99. The molecule has 1 fully saturated rings. The van der Waals surface area contributed by atoms with Crippen molar-refractivity contribution in [3.05, 3.63) is 28.2 Å². The van der Waals surface area contributed by atoms with Crippen molar-refractivity contribution in [1.29, 1.82) is 0 Å². The Labute approximate surface area is 137 Å². The number of fused-ring (bicyclic) bond motifs is 1. The molecule has 2 nitrogen and oxygen atoms in total. The zero-order valence-electron chi connectivity index (χ0n) is 12.1. The second kappa shape index (κ2) is 6.25. The number of nitrogens with zero attached hydrogens (tertiary/aromatic N) is 2. The van der Waals surface area contributed by atoms with Gasteiger partial charge in [-0.05, 0) is 47.7 Å². The maximum atomic E-state index is 13.8. The summed E-state index contributed by atoms with van der Waals surface area (Å²) in [5.41, 5.74) is 1.73. The molecule has 2 aromatic rings. The van der Waals surface area contributed by atoms with E-state index in [1.54, 1.807) is 0 Å². The first-order valence-corrected chi connectivity index (χ1v) is 8.86. The van der Waals surface area contributed by atoms with Crippen molar-refractivity contribution in [2.75, 3.05) is 5.88 Å². The highest BCUT2D eigenvalue weighted by molar-refractivity contribution is 9.10. The minimum absolute atomic E-state index is 0.266. The number of imidazole rings is 1. The Kier molecular flexibility index (Phi) is 4.55. The van der Waals surface area contributed by atoms with Crippen molar-refractivity contribution in [2.45, 2.75) is 45.1 Å². The van der Waals surface area contributed by atoms with Gasteiger partial charge in [-0.15, -0.1) is 11.6 Å². The Hall–Kier alpha value is -0.610. The highest BCUT2D eigenvalue weighted by atomic mass is 79.9. The SMILES string of the molecule is CC(C1CCCC1)n1c(CCCl)nc2cc(F)c(Br)cc21. The molecule has 1 aromatic heterocycles. The second-order valence-corrected chi connectivity index (χ2v) is 7.11. The Morgan fingerprint density at radius 3 is 2.81 bits per heavy atom. The van der Waals surface area contributed by atoms with Crippen LogP contribution in [0.3, 0.4) is 0 Å². The number of halogens is 3. The lowest BCUT2D eigenvalue weighted by molar-refractivity contribution is 0.360. The number of hydrogen-bond acceptors (Lipinski definition) is 1. The van der Waals surface area contributed by atoms with Crippen LogP contribution in [0.2, 0.25) is 0 Å². The number of benzene rings is 1. The third kappa shape index (κ3) is 2.85. The van der Waals surface area contributed by atoms with Gasteiger partial charge in [-0.2, -0.15) is 0 Å². The summed E-state index contributed by atoms with van der Waals surface area (Å²) in [6.07, 6.45) is 5.87. The molecule has 1 unspecified atom stereocenters. The first-order valence-electron chi connectivity index (χ1n) is 7.53. The van der Waals surface area contributed by atoms with Gasteiger partial charge < -0.3 is 4.57 Å². The standard InChI is InChI=1S/C16H19BrClFN2/c1-10(11-4-2-3-5-11)21-15-8-12(17)13(19)9-14(15)20-16(21)6-7-18/h8-11H,2-7H2,1H3. The van der Waals surface area contributed by atoms with Crippen molar-refractivity contribution >= 4 is 38.6 Å². The lowest BCUT2D eigenvalue weighted by Gasteiger charge is -2.23. The average Bonchev–Trinajstić information content (AvgIpc) is 3.07. The summed E-state index contributed by atoms with van der Waals surface area (Å²) >= 11 is 9.22. The third-order valence-electron chi connectivity index (χ3n) is 4.61. The summed E-state index contributed by atoms with van der Waals surface area (Å²) in [5.74, 6) is 1.92. The molecule has 21 heavy (non-hydrogen) atoms. The molecule has 114 valence electrons. The van der Waals surface area contributed by atoms with Gasteiger partial charge in [-0.3, -0.25) is 0 Å². The van der Waals surface area contributed by atoms with Crippen LogP contribution in [0.15, 0.2) is 16.6 Å². The number of rotatable bonds is 4. The summed E-state index contributed by atoms with van der Waals surface area (Å²) < 4.78 is 16.5. The predicted molar refractivity (Wildman–Crippen MR) is 88.5 cm³/mol. The van der Waals surface area contributed by atoms with E-state index in [1.807, 2.05) is 6.07 Å². The molecular formula is C16H19BrClFN2. The monoisotopic (exact) mass is 372 g/mol. The van der Waals surface area contributed by atoms with Crippen LogP contribution in [0.1, 0.15) is 44.5 Å². The zero-order valence-corrected chi connectivity index (χ0v) is 14.4. The number of aromatic nitrogens is 2. The molecule has 0 N–H and O–H groups in total. The van der Waals surface area contributed by atoms with E-state index in [0.29, 0.717) is 28.7 Å². The molecular weight excluding hydrogens is 355 g/mol. The van der Waals surface area contributed by atoms with Gasteiger partial charge in [0.1, 0.15) is 11.6 Å². The summed E-state index contributed by atoms with van der Waals surface area (Å²) in [6.45, 7) is 2.26. The predicted octanol–water partition coefficient (Wildman–Crippen LogP) is 5.47. The van der Waals surface area contributed by atoms with E-state index in [-0.39, 0.29) is 5.82 Å². The molecule has 3 rings (SSSR count). The van der Waals surface area contributed by atoms with Crippen LogP contribution in [-0.4, -0.2) is 15.4 Å². The molecule has 1 aromatic carbocycles. The highest BCUT2D eigenvalue weighted by Gasteiger charge is 2.26. The largest absolute Gasteiger partial charge is 0.325 e. The molecule has 0 spiro atoms. The Morgan fingerprint density at radius 1 is 1.43 bits per heavy atom. The topological polar surface area (TPSA) is 17.8 Å². The fraction of sp³-hybridized carbons (Fsp3) is 0.562. The Bertz CT molecular complexity index is 649. The quantitative estimate of drug-likeness (QED) is 0.650. The molecule has 5 heteroatoms. The van der Waals surface area contributed by atoms with Gasteiger partial charge in [-0.25, -0.2) is 9.37 Å². The van der Waals surface area contributed by atoms with E-state index in [9.17, 15) is 4.39 Å². The number of aryl methyl sites for hydroxylation is 1. The van der Waals surface area contributed by atoms with Crippen LogP contribution in [0.25, 0.3) is 11.0 Å². The summed E-state index contributed by atoms with van der Waals surface area (Å²) in [7, 11) is 0. The van der Waals surface area contributed by atoms with E-state index in [1.165, 1.54) is 31.7 Å². The maximum absolute atomic E-state index is 13.8. The van der Waals surface area contributed by atoms with Crippen LogP contribution < -0.4 is 0 Å². The van der Waals surface area contributed by atoms with E-state index < -0.39 is 0 Å². The van der Waals surface area contributed by atoms with Gasteiger partial charge in [0, 0.05) is 24.4 Å². The molecule has 1 aliphatic carbocycles. The van der Waals surface area contributed by atoms with Crippen LogP contribution in [-0.2, 0) is 6.42 Å². The number of hydrogen-bond donors (Lipinski definition) is 0. The van der Waals surface area contributed by atoms with Crippen LogP contribution in [0.5, 0.6) is 0 Å². The van der Waals surface area contributed by atoms with Gasteiger partial charge in [-0.1, -0.05) is 12.8 Å². The van der Waals surface area contributed by atoms with Gasteiger partial charge in [0.2, 0.25) is 0 Å². The molecule has 0 saturated heterocycles. The molecule has 1 heterocycles. The minimum atomic E-state index is -0.266. The van der Waals surface area contributed by atoms with Gasteiger partial charge in [0.05, 0.1) is 15.5 Å². The Balaban J connectivity index is 2.12. The summed E-state index contributed by atoms with van der Waals surface area (Å²) in [6, 6.07) is 3.74. The van der Waals surface area contributed by atoms with E-state index in [2.05, 4.69) is 32.4 Å². The molecule has 0 amide bonds. The van der Waals surface area contributed by atoms with E-state index >= 15 is 0 Å². The average molecular weight is 374 g/mol. The minimum Gasteiger partial charge on any atom is -0.325 e. The smallest absolute Gasteiger partial charge is 0.139 e. The fourth-order valence-electron chi connectivity index (χ4n) is 3.51. The van der Waals surface area contributed by atoms with Crippen molar-refractivity contribution in [2.24, 2.45) is 5.92 Å². The zero-order chi connectivity index (χ0) is 15.0. The molecule has 0 radical (unpaired) electrons. The van der Waals surface area contributed by atoms with Crippen molar-refractivity contribution in [3.63, 3.8) is 0 Å². The maximum Gasteiger partial charge on any atom is 0.139 e. The first kappa shape index (κ1) is 15.3.